The van der Waals surface area contributed by atoms with Gasteiger partial charge in [0.25, 0.3) is 0 Å². The molecule has 0 fully saturated rings. The minimum absolute atomic E-state index is 0.200. The molecule has 0 spiro atoms. The van der Waals surface area contributed by atoms with Crippen molar-refractivity contribution in [2.45, 2.75) is 46.1 Å². The van der Waals surface area contributed by atoms with Gasteiger partial charge >= 0.3 is 0 Å². The van der Waals surface area contributed by atoms with Crippen LogP contribution in [0.3, 0.4) is 0 Å². The molecule has 1 aliphatic rings. The van der Waals surface area contributed by atoms with Crippen LogP contribution in [0, 0.1) is 20.8 Å². The molecule has 1 heterocycles. The zero-order valence-corrected chi connectivity index (χ0v) is 15.2. The van der Waals surface area contributed by atoms with E-state index in [9.17, 15) is 0 Å². The summed E-state index contributed by atoms with van der Waals surface area (Å²) in [5, 5.41) is 3.56. The highest BCUT2D eigenvalue weighted by Crippen LogP contribution is 2.43. The summed E-state index contributed by atoms with van der Waals surface area (Å²) < 4.78 is 6.38. The zero-order chi connectivity index (χ0) is 17.3. The largest absolute Gasteiger partial charge is 0.485 e. The van der Waals surface area contributed by atoms with Crippen LogP contribution < -0.4 is 15.8 Å². The van der Waals surface area contributed by atoms with Gasteiger partial charge in [0.2, 0.25) is 0 Å². The highest BCUT2D eigenvalue weighted by Gasteiger charge is 2.37. The van der Waals surface area contributed by atoms with E-state index < -0.39 is 0 Å². The number of fused-ring (bicyclic) bond motifs is 1. The third-order valence-electron chi connectivity index (χ3n) is 5.27. The Labute approximate surface area is 145 Å². The van der Waals surface area contributed by atoms with E-state index in [2.05, 4.69) is 63.3 Å². The lowest BCUT2D eigenvalue weighted by Gasteiger charge is -2.25. The zero-order valence-electron chi connectivity index (χ0n) is 15.2. The Morgan fingerprint density at radius 2 is 1.79 bits per heavy atom. The maximum atomic E-state index is 6.38. The standard InChI is InChI=1S/C21H28N2O/c1-14-15(2)20-18(16(3)19(14)22)12-21(4,24-20)13-23-11-10-17-8-6-5-7-9-17/h5-9,23H,10-13,22H2,1-4H3. The number of rotatable bonds is 5. The predicted molar refractivity (Wildman–Crippen MR) is 101 cm³/mol. The van der Waals surface area contributed by atoms with Crippen LogP contribution in [0.25, 0.3) is 0 Å². The molecule has 1 unspecified atom stereocenters. The average Bonchev–Trinajstić information content (AvgIpc) is 2.94. The predicted octanol–water partition coefficient (Wildman–Crippen LogP) is 3.72. The number of anilines is 1. The van der Waals surface area contributed by atoms with Crippen LogP contribution in [0.2, 0.25) is 0 Å². The molecule has 0 radical (unpaired) electrons. The molecule has 0 saturated heterocycles. The van der Waals surface area contributed by atoms with Crippen molar-refractivity contribution in [3.05, 3.63) is 58.1 Å². The van der Waals surface area contributed by atoms with Crippen molar-refractivity contribution in [1.82, 2.24) is 5.32 Å². The van der Waals surface area contributed by atoms with E-state index in [4.69, 9.17) is 10.5 Å². The summed E-state index contributed by atoms with van der Waals surface area (Å²) in [6.45, 7) is 10.3. The number of nitrogen functional groups attached to an aromatic ring is 1. The summed E-state index contributed by atoms with van der Waals surface area (Å²) in [6.07, 6.45) is 1.95. The van der Waals surface area contributed by atoms with Gasteiger partial charge in [-0.25, -0.2) is 0 Å². The van der Waals surface area contributed by atoms with Gasteiger partial charge in [-0.1, -0.05) is 30.3 Å². The molecule has 3 rings (SSSR count). The minimum Gasteiger partial charge on any atom is -0.485 e. The first-order chi connectivity index (χ1) is 11.4. The Hall–Kier alpha value is -2.00. The lowest BCUT2D eigenvalue weighted by Crippen LogP contribution is -2.42. The molecule has 1 atom stereocenters. The molecular formula is C21H28N2O. The second-order valence-electron chi connectivity index (χ2n) is 7.24. The average molecular weight is 324 g/mol. The summed E-state index contributed by atoms with van der Waals surface area (Å²) in [4.78, 5) is 0. The van der Waals surface area contributed by atoms with Gasteiger partial charge in [0.05, 0.1) is 0 Å². The molecule has 2 aromatic carbocycles. The highest BCUT2D eigenvalue weighted by atomic mass is 16.5. The second kappa shape index (κ2) is 6.48. The lowest BCUT2D eigenvalue weighted by atomic mass is 9.92. The van der Waals surface area contributed by atoms with Crippen LogP contribution in [0.1, 0.15) is 34.7 Å². The monoisotopic (exact) mass is 324 g/mol. The first-order valence-corrected chi connectivity index (χ1v) is 8.73. The fraction of sp³-hybridized carbons (Fsp3) is 0.429. The van der Waals surface area contributed by atoms with E-state index in [0.717, 1.165) is 42.9 Å². The van der Waals surface area contributed by atoms with Gasteiger partial charge in [-0.05, 0) is 62.9 Å². The van der Waals surface area contributed by atoms with E-state index in [-0.39, 0.29) is 5.60 Å². The fourth-order valence-corrected chi connectivity index (χ4v) is 3.55. The second-order valence-corrected chi connectivity index (χ2v) is 7.24. The van der Waals surface area contributed by atoms with Crippen LogP contribution in [-0.4, -0.2) is 18.7 Å². The van der Waals surface area contributed by atoms with Crippen LogP contribution in [-0.2, 0) is 12.8 Å². The molecule has 24 heavy (non-hydrogen) atoms. The third-order valence-corrected chi connectivity index (χ3v) is 5.27. The van der Waals surface area contributed by atoms with Crippen molar-refractivity contribution in [3.63, 3.8) is 0 Å². The Balaban J connectivity index is 1.63. The summed E-state index contributed by atoms with van der Waals surface area (Å²) >= 11 is 0. The Kier molecular flexibility index (Phi) is 4.55. The molecular weight excluding hydrogens is 296 g/mol. The molecule has 3 N–H and O–H groups in total. The van der Waals surface area contributed by atoms with E-state index in [1.165, 1.54) is 22.3 Å². The minimum atomic E-state index is -0.200. The smallest absolute Gasteiger partial charge is 0.127 e. The summed E-state index contributed by atoms with van der Waals surface area (Å²) in [7, 11) is 0. The third kappa shape index (κ3) is 3.13. The Morgan fingerprint density at radius 1 is 1.08 bits per heavy atom. The van der Waals surface area contributed by atoms with E-state index >= 15 is 0 Å². The molecule has 0 aliphatic carbocycles. The number of hydrogen-bond donors (Lipinski definition) is 2. The maximum Gasteiger partial charge on any atom is 0.127 e. The fourth-order valence-electron chi connectivity index (χ4n) is 3.55. The molecule has 3 heteroatoms. The van der Waals surface area contributed by atoms with Gasteiger partial charge in [-0.3, -0.25) is 0 Å². The van der Waals surface area contributed by atoms with E-state index in [0.29, 0.717) is 0 Å². The van der Waals surface area contributed by atoms with Crippen molar-refractivity contribution < 1.29 is 4.74 Å². The van der Waals surface area contributed by atoms with E-state index in [1.54, 1.807) is 0 Å². The van der Waals surface area contributed by atoms with Gasteiger partial charge in [-0.15, -0.1) is 0 Å². The molecule has 0 bridgehead atoms. The number of benzene rings is 2. The van der Waals surface area contributed by atoms with E-state index in [1.807, 2.05) is 0 Å². The van der Waals surface area contributed by atoms with Gasteiger partial charge in [0, 0.05) is 24.2 Å². The number of nitrogens with one attached hydrogen (secondary N) is 1. The number of ether oxygens (including phenoxy) is 1. The Morgan fingerprint density at radius 3 is 2.50 bits per heavy atom. The quantitative estimate of drug-likeness (QED) is 0.651. The van der Waals surface area contributed by atoms with Crippen molar-refractivity contribution in [3.8, 4) is 5.75 Å². The first-order valence-electron chi connectivity index (χ1n) is 8.73. The first kappa shape index (κ1) is 16.8. The molecule has 0 amide bonds. The van der Waals surface area contributed by atoms with Gasteiger partial charge in [-0.2, -0.15) is 0 Å². The highest BCUT2D eigenvalue weighted by molar-refractivity contribution is 5.66. The number of hydrogen-bond acceptors (Lipinski definition) is 3. The maximum absolute atomic E-state index is 6.38. The van der Waals surface area contributed by atoms with Gasteiger partial charge < -0.3 is 15.8 Å². The number of nitrogens with two attached hydrogens (primary N) is 1. The molecule has 0 aromatic heterocycles. The normalized spacial score (nSPS) is 19.2. The van der Waals surface area contributed by atoms with Crippen LogP contribution in [0.15, 0.2) is 30.3 Å². The summed E-state index contributed by atoms with van der Waals surface area (Å²) in [5.74, 6) is 1.05. The van der Waals surface area contributed by atoms with Crippen LogP contribution in [0.4, 0.5) is 5.69 Å². The van der Waals surface area contributed by atoms with Crippen molar-refractivity contribution in [2.24, 2.45) is 0 Å². The molecule has 128 valence electrons. The van der Waals surface area contributed by atoms with Crippen molar-refractivity contribution >= 4 is 5.69 Å². The summed E-state index contributed by atoms with van der Waals surface area (Å²) in [5.41, 5.74) is 13.1. The lowest BCUT2D eigenvalue weighted by molar-refractivity contribution is 0.114. The Bertz CT molecular complexity index is 700. The van der Waals surface area contributed by atoms with Crippen LogP contribution in [0.5, 0.6) is 5.75 Å². The topological polar surface area (TPSA) is 47.3 Å². The molecule has 0 saturated carbocycles. The molecule has 1 aliphatic heterocycles. The van der Waals surface area contributed by atoms with Gasteiger partial charge in [0.15, 0.2) is 0 Å². The molecule has 3 nitrogen and oxygen atoms in total. The SMILES string of the molecule is Cc1c(C)c2c(c(C)c1N)CC(C)(CNCCc1ccccc1)O2. The summed E-state index contributed by atoms with van der Waals surface area (Å²) in [6, 6.07) is 10.6. The van der Waals surface area contributed by atoms with Gasteiger partial charge in [0.1, 0.15) is 11.4 Å². The van der Waals surface area contributed by atoms with Crippen LogP contribution >= 0.6 is 0 Å². The van der Waals surface area contributed by atoms with Crippen molar-refractivity contribution in [1.29, 1.82) is 0 Å². The molecule has 2 aromatic rings. The van der Waals surface area contributed by atoms with Crippen molar-refractivity contribution in [2.75, 3.05) is 18.8 Å².